The SMILES string of the molecule is CC(C)[C@H](N)C(=O)N1CCC[C@H](N(C)Cc2ccccc2)C1. The van der Waals surface area contributed by atoms with Crippen LogP contribution in [0.2, 0.25) is 0 Å². The second-order valence-electron chi connectivity index (χ2n) is 6.75. The Balaban J connectivity index is 1.94. The quantitative estimate of drug-likeness (QED) is 0.906. The van der Waals surface area contributed by atoms with Crippen LogP contribution in [-0.2, 0) is 11.3 Å². The number of likely N-dealkylation sites (N-methyl/N-ethyl adjacent to an activating group) is 1. The maximum absolute atomic E-state index is 12.4. The minimum Gasteiger partial charge on any atom is -0.340 e. The van der Waals surface area contributed by atoms with E-state index >= 15 is 0 Å². The van der Waals surface area contributed by atoms with Crippen molar-refractivity contribution in [1.29, 1.82) is 0 Å². The molecular formula is C18H29N3O. The number of hydrogen-bond donors (Lipinski definition) is 1. The predicted molar refractivity (Wildman–Crippen MR) is 90.3 cm³/mol. The van der Waals surface area contributed by atoms with Crippen molar-refractivity contribution in [3.63, 3.8) is 0 Å². The zero-order chi connectivity index (χ0) is 16.1. The van der Waals surface area contributed by atoms with Gasteiger partial charge in [0, 0.05) is 25.7 Å². The zero-order valence-electron chi connectivity index (χ0n) is 14.0. The van der Waals surface area contributed by atoms with Crippen molar-refractivity contribution in [1.82, 2.24) is 9.80 Å². The third-order valence-corrected chi connectivity index (χ3v) is 4.61. The van der Waals surface area contributed by atoms with Gasteiger partial charge in [0.1, 0.15) is 0 Å². The van der Waals surface area contributed by atoms with E-state index in [0.717, 1.165) is 32.5 Å². The molecule has 0 spiro atoms. The van der Waals surface area contributed by atoms with Gasteiger partial charge < -0.3 is 10.6 Å². The Morgan fingerprint density at radius 3 is 2.68 bits per heavy atom. The number of rotatable bonds is 5. The van der Waals surface area contributed by atoms with Crippen LogP contribution in [0, 0.1) is 5.92 Å². The zero-order valence-corrected chi connectivity index (χ0v) is 14.0. The van der Waals surface area contributed by atoms with Crippen LogP contribution in [0.3, 0.4) is 0 Å². The Kier molecular flexibility index (Phi) is 5.98. The molecule has 2 N–H and O–H groups in total. The first-order valence-corrected chi connectivity index (χ1v) is 8.27. The van der Waals surface area contributed by atoms with Gasteiger partial charge in [-0.15, -0.1) is 0 Å². The topological polar surface area (TPSA) is 49.6 Å². The number of nitrogens with zero attached hydrogens (tertiary/aromatic N) is 2. The minimum atomic E-state index is -0.377. The van der Waals surface area contributed by atoms with Gasteiger partial charge >= 0.3 is 0 Å². The molecule has 1 aromatic carbocycles. The van der Waals surface area contributed by atoms with Crippen LogP contribution in [0.15, 0.2) is 30.3 Å². The molecule has 1 aliphatic heterocycles. The van der Waals surface area contributed by atoms with Crippen LogP contribution in [0.5, 0.6) is 0 Å². The summed E-state index contributed by atoms with van der Waals surface area (Å²) < 4.78 is 0. The second-order valence-corrected chi connectivity index (χ2v) is 6.75. The molecule has 1 saturated heterocycles. The predicted octanol–water partition coefficient (Wildman–Crippen LogP) is 2.09. The third-order valence-electron chi connectivity index (χ3n) is 4.61. The molecule has 1 aliphatic rings. The first kappa shape index (κ1) is 17.0. The second kappa shape index (κ2) is 7.75. The lowest BCUT2D eigenvalue weighted by Gasteiger charge is -2.39. The van der Waals surface area contributed by atoms with Gasteiger partial charge in [0.2, 0.25) is 5.91 Å². The molecular weight excluding hydrogens is 274 g/mol. The van der Waals surface area contributed by atoms with Crippen molar-refractivity contribution in [2.75, 3.05) is 20.1 Å². The van der Waals surface area contributed by atoms with Crippen LogP contribution >= 0.6 is 0 Å². The van der Waals surface area contributed by atoms with Crippen LogP contribution in [-0.4, -0.2) is 47.9 Å². The average Bonchev–Trinajstić information content (AvgIpc) is 2.54. The normalized spacial score (nSPS) is 20.5. The molecule has 2 rings (SSSR count). The van der Waals surface area contributed by atoms with E-state index in [-0.39, 0.29) is 17.9 Å². The Morgan fingerprint density at radius 1 is 1.36 bits per heavy atom. The molecule has 0 bridgehead atoms. The van der Waals surface area contributed by atoms with Crippen molar-refractivity contribution in [3.05, 3.63) is 35.9 Å². The molecule has 0 radical (unpaired) electrons. The Morgan fingerprint density at radius 2 is 2.05 bits per heavy atom. The number of hydrogen-bond acceptors (Lipinski definition) is 3. The Bertz CT molecular complexity index is 474. The first-order valence-electron chi connectivity index (χ1n) is 8.27. The summed E-state index contributed by atoms with van der Waals surface area (Å²) >= 11 is 0. The molecule has 22 heavy (non-hydrogen) atoms. The monoisotopic (exact) mass is 303 g/mol. The van der Waals surface area contributed by atoms with Crippen molar-refractivity contribution in [3.8, 4) is 0 Å². The summed E-state index contributed by atoms with van der Waals surface area (Å²) in [5.41, 5.74) is 7.34. The molecule has 1 aromatic rings. The lowest BCUT2D eigenvalue weighted by atomic mass is 9.99. The summed E-state index contributed by atoms with van der Waals surface area (Å²) in [5, 5.41) is 0. The third kappa shape index (κ3) is 4.31. The molecule has 4 heteroatoms. The summed E-state index contributed by atoms with van der Waals surface area (Å²) in [6.07, 6.45) is 2.20. The number of likely N-dealkylation sites (tertiary alicyclic amines) is 1. The fraction of sp³-hybridized carbons (Fsp3) is 0.611. The standard InChI is InChI=1S/C18H29N3O/c1-14(2)17(19)18(22)21-11-7-10-16(13-21)20(3)12-15-8-5-4-6-9-15/h4-6,8-9,14,16-17H,7,10-13,19H2,1-3H3/t16-,17-/m0/s1. The van der Waals surface area contributed by atoms with E-state index in [1.807, 2.05) is 24.8 Å². The first-order chi connectivity index (χ1) is 10.5. The summed E-state index contributed by atoms with van der Waals surface area (Å²) in [4.78, 5) is 16.8. The van der Waals surface area contributed by atoms with Crippen LogP contribution in [0.4, 0.5) is 0 Å². The highest BCUT2D eigenvalue weighted by Gasteiger charge is 2.29. The van der Waals surface area contributed by atoms with Crippen molar-refractivity contribution >= 4 is 5.91 Å². The number of piperidine rings is 1. The van der Waals surface area contributed by atoms with Crippen molar-refractivity contribution in [2.24, 2.45) is 11.7 Å². The fourth-order valence-electron chi connectivity index (χ4n) is 3.01. The molecule has 0 aromatic heterocycles. The van der Waals surface area contributed by atoms with Gasteiger partial charge in [0.25, 0.3) is 0 Å². The van der Waals surface area contributed by atoms with E-state index in [0.29, 0.717) is 6.04 Å². The van der Waals surface area contributed by atoms with Gasteiger partial charge in [-0.05, 0) is 31.4 Å². The number of amides is 1. The summed E-state index contributed by atoms with van der Waals surface area (Å²) in [6, 6.07) is 10.5. The lowest BCUT2D eigenvalue weighted by Crippen LogP contribution is -2.53. The Hall–Kier alpha value is -1.39. The number of carbonyl (C=O) groups excluding carboxylic acids is 1. The molecule has 0 unspecified atom stereocenters. The van der Waals surface area contributed by atoms with E-state index in [4.69, 9.17) is 5.73 Å². The van der Waals surface area contributed by atoms with Crippen LogP contribution in [0.1, 0.15) is 32.3 Å². The van der Waals surface area contributed by atoms with E-state index in [2.05, 4.69) is 36.2 Å². The highest BCUT2D eigenvalue weighted by Crippen LogP contribution is 2.18. The van der Waals surface area contributed by atoms with E-state index in [9.17, 15) is 4.79 Å². The lowest BCUT2D eigenvalue weighted by molar-refractivity contribution is -0.135. The number of nitrogens with two attached hydrogens (primary N) is 1. The molecule has 0 saturated carbocycles. The van der Waals surface area contributed by atoms with Crippen LogP contribution in [0.25, 0.3) is 0 Å². The van der Waals surface area contributed by atoms with Crippen molar-refractivity contribution in [2.45, 2.75) is 45.3 Å². The summed E-state index contributed by atoms with van der Waals surface area (Å²) in [7, 11) is 2.15. The molecule has 2 atom stereocenters. The van der Waals surface area contributed by atoms with E-state index < -0.39 is 0 Å². The maximum Gasteiger partial charge on any atom is 0.239 e. The van der Waals surface area contributed by atoms with Gasteiger partial charge in [-0.1, -0.05) is 44.2 Å². The molecule has 1 heterocycles. The summed E-state index contributed by atoms with van der Waals surface area (Å²) in [6.45, 7) is 6.57. The van der Waals surface area contributed by atoms with Gasteiger partial charge in [-0.2, -0.15) is 0 Å². The van der Waals surface area contributed by atoms with Gasteiger partial charge in [0.05, 0.1) is 6.04 Å². The van der Waals surface area contributed by atoms with Gasteiger partial charge in [-0.3, -0.25) is 9.69 Å². The van der Waals surface area contributed by atoms with E-state index in [1.54, 1.807) is 0 Å². The summed E-state index contributed by atoms with van der Waals surface area (Å²) in [5.74, 6) is 0.294. The average molecular weight is 303 g/mol. The molecule has 122 valence electrons. The maximum atomic E-state index is 12.4. The highest BCUT2D eigenvalue weighted by molar-refractivity contribution is 5.82. The smallest absolute Gasteiger partial charge is 0.239 e. The van der Waals surface area contributed by atoms with Crippen molar-refractivity contribution < 1.29 is 4.79 Å². The van der Waals surface area contributed by atoms with E-state index in [1.165, 1.54) is 5.56 Å². The largest absolute Gasteiger partial charge is 0.340 e. The molecule has 1 amide bonds. The van der Waals surface area contributed by atoms with Gasteiger partial charge in [-0.25, -0.2) is 0 Å². The molecule has 4 nitrogen and oxygen atoms in total. The fourth-order valence-corrected chi connectivity index (χ4v) is 3.01. The van der Waals surface area contributed by atoms with Gasteiger partial charge in [0.15, 0.2) is 0 Å². The molecule has 1 fully saturated rings. The number of benzene rings is 1. The number of carbonyl (C=O) groups is 1. The van der Waals surface area contributed by atoms with Crippen LogP contribution < -0.4 is 5.73 Å². The minimum absolute atomic E-state index is 0.104. The molecule has 0 aliphatic carbocycles. The Labute approximate surface area is 134 Å². The highest BCUT2D eigenvalue weighted by atomic mass is 16.2.